The Labute approximate surface area is 125 Å². The monoisotopic (exact) mass is 369 g/mol. The smallest absolute Gasteiger partial charge is 0.410 e. The first-order chi connectivity index (χ1) is 9.28. The molecule has 9 heteroatoms. The zero-order chi connectivity index (χ0) is 15.6. The van der Waals surface area contributed by atoms with Crippen LogP contribution in [0.15, 0.2) is 24.3 Å². The summed E-state index contributed by atoms with van der Waals surface area (Å²) in [6.07, 6.45) is -0.444. The van der Waals surface area contributed by atoms with Crippen molar-refractivity contribution in [2.24, 2.45) is 0 Å². The van der Waals surface area contributed by atoms with Crippen LogP contribution in [-0.2, 0) is 9.09 Å². The molecule has 1 rings (SSSR count). The van der Waals surface area contributed by atoms with E-state index in [0.717, 1.165) is 5.56 Å². The fourth-order valence-electron chi connectivity index (χ4n) is 0.990. The molecular formula is C11H17BrNO6P. The van der Waals surface area contributed by atoms with Crippen molar-refractivity contribution in [2.45, 2.75) is 6.92 Å². The molecule has 7 nitrogen and oxygen atoms in total. The number of nitrogens with one attached hydrogen (secondary N) is 1. The minimum atomic E-state index is -4.21. The second-order valence-corrected chi connectivity index (χ2v) is 5.50. The third kappa shape index (κ3) is 11.0. The molecule has 0 unspecified atom stereocenters. The van der Waals surface area contributed by atoms with Crippen molar-refractivity contribution in [2.75, 3.05) is 19.0 Å². The van der Waals surface area contributed by atoms with Crippen LogP contribution in [0.3, 0.4) is 0 Å². The average molecular weight is 370 g/mol. The van der Waals surface area contributed by atoms with Gasteiger partial charge in [-0.25, -0.2) is 9.36 Å². The number of halogens is 1. The topological polar surface area (TPSA) is 105 Å². The summed E-state index contributed by atoms with van der Waals surface area (Å²) in [5.41, 5.74) is 1.07. The summed E-state index contributed by atoms with van der Waals surface area (Å²) >= 11 is 2.93. The number of carbonyl (C=O) groups is 1. The zero-order valence-corrected chi connectivity index (χ0v) is 13.6. The van der Waals surface area contributed by atoms with Crippen molar-refractivity contribution >= 4 is 29.8 Å². The van der Waals surface area contributed by atoms with E-state index in [1.165, 1.54) is 7.05 Å². The van der Waals surface area contributed by atoms with Crippen LogP contribution in [0.5, 0.6) is 5.75 Å². The Morgan fingerprint density at radius 2 is 2.10 bits per heavy atom. The third-order valence-corrected chi connectivity index (χ3v) is 2.58. The lowest BCUT2D eigenvalue weighted by Crippen LogP contribution is -2.21. The Morgan fingerprint density at radius 1 is 1.45 bits per heavy atom. The number of alkyl halides is 1. The average Bonchev–Trinajstić information content (AvgIpc) is 2.36. The van der Waals surface area contributed by atoms with Gasteiger partial charge in [0.1, 0.15) is 5.75 Å². The van der Waals surface area contributed by atoms with Gasteiger partial charge in [0, 0.05) is 12.4 Å². The summed E-state index contributed by atoms with van der Waals surface area (Å²) in [5, 5.41) is 2.80. The number of hydrogen-bond donors (Lipinski definition) is 3. The maximum atomic E-state index is 10.8. The summed E-state index contributed by atoms with van der Waals surface area (Å²) < 4.78 is 18.7. The molecule has 0 spiro atoms. The van der Waals surface area contributed by atoms with Gasteiger partial charge in [-0.15, -0.1) is 0 Å². The highest BCUT2D eigenvalue weighted by Crippen LogP contribution is 2.35. The van der Waals surface area contributed by atoms with Crippen molar-refractivity contribution in [3.05, 3.63) is 29.8 Å². The Morgan fingerprint density at radius 3 is 2.50 bits per heavy atom. The number of benzene rings is 1. The molecule has 0 saturated heterocycles. The maximum absolute atomic E-state index is 10.8. The molecule has 0 fully saturated rings. The van der Waals surface area contributed by atoms with E-state index >= 15 is 0 Å². The van der Waals surface area contributed by atoms with Crippen LogP contribution in [0.1, 0.15) is 5.56 Å². The molecule has 0 atom stereocenters. The molecule has 0 aliphatic heterocycles. The number of rotatable bonds is 4. The molecule has 0 bridgehead atoms. The molecule has 20 heavy (non-hydrogen) atoms. The number of hydrogen-bond acceptors (Lipinski definition) is 4. The van der Waals surface area contributed by atoms with E-state index in [4.69, 9.17) is 14.5 Å². The molecule has 0 aliphatic rings. The molecule has 114 valence electrons. The highest BCUT2D eigenvalue weighted by molar-refractivity contribution is 9.09. The third-order valence-electron chi connectivity index (χ3n) is 1.74. The molecular weight excluding hydrogens is 353 g/mol. The van der Waals surface area contributed by atoms with Gasteiger partial charge in [0.05, 0.1) is 6.61 Å². The molecule has 3 N–H and O–H groups in total. The predicted octanol–water partition coefficient (Wildman–Crippen LogP) is 2.20. The predicted molar refractivity (Wildman–Crippen MR) is 78.1 cm³/mol. The molecule has 0 saturated carbocycles. The minimum Gasteiger partial charge on any atom is -0.410 e. The van der Waals surface area contributed by atoms with Crippen molar-refractivity contribution in [3.8, 4) is 5.75 Å². The van der Waals surface area contributed by atoms with Gasteiger partial charge in [-0.1, -0.05) is 28.1 Å². The van der Waals surface area contributed by atoms with Gasteiger partial charge in [-0.2, -0.15) is 0 Å². The summed E-state index contributed by atoms with van der Waals surface area (Å²) in [5.74, 6) is 0.564. The molecule has 0 aromatic heterocycles. The van der Waals surface area contributed by atoms with Crippen LogP contribution in [0.2, 0.25) is 0 Å². The van der Waals surface area contributed by atoms with Crippen LogP contribution < -0.4 is 10.1 Å². The van der Waals surface area contributed by atoms with E-state index in [9.17, 15) is 9.36 Å². The number of phosphoric ester groups is 1. The molecule has 0 radical (unpaired) electrons. The molecule has 0 aliphatic carbocycles. The van der Waals surface area contributed by atoms with Crippen molar-refractivity contribution in [1.29, 1.82) is 0 Å². The highest BCUT2D eigenvalue weighted by atomic mass is 79.9. The largest absolute Gasteiger partial charge is 0.469 e. The maximum Gasteiger partial charge on any atom is 0.469 e. The second-order valence-electron chi connectivity index (χ2n) is 3.47. The Kier molecular flexibility index (Phi) is 9.45. The fraction of sp³-hybridized carbons (Fsp3) is 0.364. The summed E-state index contributed by atoms with van der Waals surface area (Å²) in [4.78, 5) is 26.8. The van der Waals surface area contributed by atoms with Gasteiger partial charge in [0.25, 0.3) is 0 Å². The van der Waals surface area contributed by atoms with E-state index in [-0.39, 0.29) is 6.61 Å². The normalized spacial score (nSPS) is 10.2. The van der Waals surface area contributed by atoms with Crippen molar-refractivity contribution in [3.63, 3.8) is 0 Å². The Balaban J connectivity index is 0.000000396. The summed E-state index contributed by atoms with van der Waals surface area (Å²) in [6.45, 7) is 1.97. The summed E-state index contributed by atoms with van der Waals surface area (Å²) in [6, 6.07) is 7.32. The van der Waals surface area contributed by atoms with E-state index in [0.29, 0.717) is 11.1 Å². The van der Waals surface area contributed by atoms with Crippen LogP contribution in [-0.4, -0.2) is 34.9 Å². The standard InChI is InChI=1S/C9H11NO2.C2H6BrO4P/c1-7-4-3-5-8(6-7)12-9(11)10-2;3-1-2-7-8(4,5)6/h3-6H,1-2H3,(H,10,11);1-2H2,(H2,4,5,6). The lowest BCUT2D eigenvalue weighted by atomic mass is 10.2. The van der Waals surface area contributed by atoms with E-state index < -0.39 is 13.9 Å². The van der Waals surface area contributed by atoms with E-state index in [2.05, 4.69) is 25.8 Å². The number of ether oxygens (including phenoxy) is 1. The first kappa shape index (κ1) is 19.1. The number of carbonyl (C=O) groups excluding carboxylic acids is 1. The Hall–Kier alpha value is -0.920. The van der Waals surface area contributed by atoms with Crippen molar-refractivity contribution in [1.82, 2.24) is 5.32 Å². The first-order valence-electron chi connectivity index (χ1n) is 5.50. The van der Waals surface area contributed by atoms with Crippen LogP contribution >= 0.6 is 23.8 Å². The summed E-state index contributed by atoms with van der Waals surface area (Å²) in [7, 11) is -2.69. The lowest BCUT2D eigenvalue weighted by molar-refractivity contribution is 0.202. The van der Waals surface area contributed by atoms with Gasteiger partial charge >= 0.3 is 13.9 Å². The lowest BCUT2D eigenvalue weighted by Gasteiger charge is -2.02. The SMILES string of the molecule is CNC(=O)Oc1cccc(C)c1.O=P(O)(O)OCCBr. The van der Waals surface area contributed by atoms with Crippen LogP contribution in [0.25, 0.3) is 0 Å². The zero-order valence-electron chi connectivity index (χ0n) is 11.1. The molecule has 1 aromatic rings. The van der Waals surface area contributed by atoms with E-state index in [1.807, 2.05) is 19.1 Å². The highest BCUT2D eigenvalue weighted by Gasteiger charge is 2.11. The number of amides is 1. The van der Waals surface area contributed by atoms with Crippen LogP contribution in [0, 0.1) is 6.92 Å². The minimum absolute atomic E-state index is 0.0320. The fourth-order valence-corrected chi connectivity index (χ4v) is 1.73. The molecule has 1 aromatic carbocycles. The van der Waals surface area contributed by atoms with E-state index in [1.54, 1.807) is 12.1 Å². The van der Waals surface area contributed by atoms with Gasteiger partial charge in [0.2, 0.25) is 0 Å². The Bertz CT molecular complexity index is 464. The quantitative estimate of drug-likeness (QED) is 0.555. The van der Waals surface area contributed by atoms with Gasteiger partial charge < -0.3 is 19.8 Å². The van der Waals surface area contributed by atoms with Crippen molar-refractivity contribution < 1.29 is 28.4 Å². The van der Waals surface area contributed by atoms with Gasteiger partial charge in [-0.05, 0) is 24.6 Å². The first-order valence-corrected chi connectivity index (χ1v) is 8.16. The van der Waals surface area contributed by atoms with Crippen LogP contribution in [0.4, 0.5) is 4.79 Å². The second kappa shape index (κ2) is 9.90. The van der Waals surface area contributed by atoms with Gasteiger partial charge in [0.15, 0.2) is 0 Å². The molecule has 1 amide bonds. The van der Waals surface area contributed by atoms with Gasteiger partial charge in [-0.3, -0.25) is 4.52 Å². The molecule has 0 heterocycles. The number of aryl methyl sites for hydroxylation is 1. The number of phosphoric acid groups is 1.